The zero-order valence-electron chi connectivity index (χ0n) is 12.5. The van der Waals surface area contributed by atoms with Crippen molar-refractivity contribution in [3.63, 3.8) is 0 Å². The first-order valence-corrected chi connectivity index (χ1v) is 6.95. The van der Waals surface area contributed by atoms with Crippen molar-refractivity contribution in [2.45, 2.75) is 13.5 Å². The van der Waals surface area contributed by atoms with Gasteiger partial charge in [-0.2, -0.15) is 20.3 Å². The number of hydrazine groups is 1. The minimum atomic E-state index is -0.397. The van der Waals surface area contributed by atoms with E-state index in [2.05, 4.69) is 22.2 Å². The largest absolute Gasteiger partial charge is 0.296 e. The molecule has 23 heavy (non-hydrogen) atoms. The smallest absolute Gasteiger partial charge is 0.283 e. The maximum Gasteiger partial charge on any atom is 0.283 e. The molecule has 7 nitrogen and oxygen atoms in total. The molecule has 1 N–H and O–H groups in total. The third-order valence-electron chi connectivity index (χ3n) is 3.51. The van der Waals surface area contributed by atoms with Crippen LogP contribution >= 0.6 is 0 Å². The van der Waals surface area contributed by atoms with Gasteiger partial charge in [-0.3, -0.25) is 10.2 Å². The zero-order valence-corrected chi connectivity index (χ0v) is 12.5. The van der Waals surface area contributed by atoms with Gasteiger partial charge in [0.2, 0.25) is 0 Å². The lowest BCUT2D eigenvalue weighted by Crippen LogP contribution is -2.46. The van der Waals surface area contributed by atoms with Gasteiger partial charge < -0.3 is 0 Å². The Morgan fingerprint density at radius 3 is 2.78 bits per heavy atom. The van der Waals surface area contributed by atoms with Gasteiger partial charge in [-0.05, 0) is 24.6 Å². The topological polar surface area (TPSA) is 86.8 Å². The first kappa shape index (κ1) is 14.5. The Morgan fingerprint density at radius 2 is 2.09 bits per heavy atom. The van der Waals surface area contributed by atoms with E-state index in [0.29, 0.717) is 17.0 Å². The lowest BCUT2D eigenvalue weighted by molar-refractivity contribution is -0.130. The molecule has 0 fully saturated rings. The van der Waals surface area contributed by atoms with Crippen molar-refractivity contribution >= 4 is 5.91 Å². The second kappa shape index (κ2) is 5.77. The summed E-state index contributed by atoms with van der Waals surface area (Å²) < 4.78 is 0. The molecular formula is C16H14N6O. The van der Waals surface area contributed by atoms with E-state index in [1.165, 1.54) is 9.81 Å². The van der Waals surface area contributed by atoms with Crippen LogP contribution in [-0.2, 0) is 11.3 Å². The Bertz CT molecular complexity index is 843. The Labute approximate surface area is 133 Å². The predicted octanol–water partition coefficient (Wildman–Crippen LogP) is 1.47. The summed E-state index contributed by atoms with van der Waals surface area (Å²) in [5, 5.41) is 19.0. The average Bonchev–Trinajstić information content (AvgIpc) is 3.03. The SMILES string of the molecule is C=C1NN(Cc2cnn(-c3ccccc3)n2)C(=O)C(C#N)=C1C. The summed E-state index contributed by atoms with van der Waals surface area (Å²) in [4.78, 5) is 13.8. The maximum absolute atomic E-state index is 12.3. The minimum Gasteiger partial charge on any atom is -0.296 e. The summed E-state index contributed by atoms with van der Waals surface area (Å²) in [6.45, 7) is 5.69. The molecule has 0 saturated carbocycles. The number of aromatic nitrogens is 3. The highest BCUT2D eigenvalue weighted by Crippen LogP contribution is 2.19. The molecule has 0 unspecified atom stereocenters. The average molecular weight is 306 g/mol. The van der Waals surface area contributed by atoms with Crippen LogP contribution in [0.25, 0.3) is 5.69 Å². The summed E-state index contributed by atoms with van der Waals surface area (Å²) in [7, 11) is 0. The van der Waals surface area contributed by atoms with Crippen LogP contribution in [0.5, 0.6) is 0 Å². The Kier molecular flexibility index (Phi) is 3.65. The highest BCUT2D eigenvalue weighted by atomic mass is 16.2. The van der Waals surface area contributed by atoms with Crippen molar-refractivity contribution in [3.05, 3.63) is 65.6 Å². The number of nitrogens with one attached hydrogen (secondary N) is 1. The fourth-order valence-electron chi connectivity index (χ4n) is 2.20. The monoisotopic (exact) mass is 306 g/mol. The van der Waals surface area contributed by atoms with Crippen LogP contribution in [0.4, 0.5) is 0 Å². The summed E-state index contributed by atoms with van der Waals surface area (Å²) in [6, 6.07) is 11.4. The minimum absolute atomic E-state index is 0.0872. The highest BCUT2D eigenvalue weighted by molar-refractivity contribution is 5.99. The number of nitriles is 1. The summed E-state index contributed by atoms with van der Waals surface area (Å²) in [6.07, 6.45) is 1.59. The molecule has 114 valence electrons. The molecule has 0 spiro atoms. The number of benzene rings is 1. The van der Waals surface area contributed by atoms with Gasteiger partial charge in [0.05, 0.1) is 24.1 Å². The van der Waals surface area contributed by atoms with E-state index in [9.17, 15) is 4.79 Å². The van der Waals surface area contributed by atoms with E-state index in [1.54, 1.807) is 13.1 Å². The summed E-state index contributed by atoms with van der Waals surface area (Å²) in [5.74, 6) is -0.397. The molecule has 1 amide bonds. The molecule has 2 aromatic rings. The predicted molar refractivity (Wildman–Crippen MR) is 82.5 cm³/mol. The van der Waals surface area contributed by atoms with Crippen LogP contribution in [0.2, 0.25) is 0 Å². The zero-order chi connectivity index (χ0) is 16.4. The van der Waals surface area contributed by atoms with Crippen molar-refractivity contribution in [2.24, 2.45) is 0 Å². The van der Waals surface area contributed by atoms with E-state index in [-0.39, 0.29) is 12.1 Å². The number of nitrogens with zero attached hydrogens (tertiary/aromatic N) is 5. The van der Waals surface area contributed by atoms with Gasteiger partial charge in [-0.25, -0.2) is 5.01 Å². The number of rotatable bonds is 3. The number of hydrogen-bond donors (Lipinski definition) is 1. The molecular weight excluding hydrogens is 292 g/mol. The number of amides is 1. The molecule has 3 rings (SSSR count). The highest BCUT2D eigenvalue weighted by Gasteiger charge is 2.27. The molecule has 1 aliphatic heterocycles. The van der Waals surface area contributed by atoms with Gasteiger partial charge in [0.25, 0.3) is 5.91 Å². The van der Waals surface area contributed by atoms with E-state index < -0.39 is 5.91 Å². The second-order valence-electron chi connectivity index (χ2n) is 5.05. The van der Waals surface area contributed by atoms with Gasteiger partial charge in [0.15, 0.2) is 0 Å². The van der Waals surface area contributed by atoms with Crippen LogP contribution in [0.15, 0.2) is 60.0 Å². The second-order valence-corrected chi connectivity index (χ2v) is 5.05. The molecule has 0 atom stereocenters. The number of hydrogen-bond acceptors (Lipinski definition) is 5. The van der Waals surface area contributed by atoms with Crippen molar-refractivity contribution in [3.8, 4) is 11.8 Å². The third kappa shape index (κ3) is 2.70. The van der Waals surface area contributed by atoms with Gasteiger partial charge in [0, 0.05) is 0 Å². The fraction of sp³-hybridized carbons (Fsp3) is 0.125. The molecule has 0 radical (unpaired) electrons. The molecule has 1 aromatic heterocycles. The van der Waals surface area contributed by atoms with E-state index in [0.717, 1.165) is 5.69 Å². The van der Waals surface area contributed by atoms with Gasteiger partial charge in [-0.1, -0.05) is 24.8 Å². The molecule has 1 aliphatic rings. The van der Waals surface area contributed by atoms with Gasteiger partial charge in [-0.15, -0.1) is 0 Å². The van der Waals surface area contributed by atoms with Crippen LogP contribution in [0.3, 0.4) is 0 Å². The quantitative estimate of drug-likeness (QED) is 0.928. The lowest BCUT2D eigenvalue weighted by atomic mass is 10.1. The Hall–Kier alpha value is -3.40. The Balaban J connectivity index is 1.81. The van der Waals surface area contributed by atoms with Crippen LogP contribution in [0, 0.1) is 11.3 Å². The number of para-hydroxylation sites is 1. The van der Waals surface area contributed by atoms with E-state index in [4.69, 9.17) is 5.26 Å². The number of carbonyl (C=O) groups excluding carboxylic acids is 1. The molecule has 0 aliphatic carbocycles. The fourth-order valence-corrected chi connectivity index (χ4v) is 2.20. The van der Waals surface area contributed by atoms with Gasteiger partial charge >= 0.3 is 0 Å². The van der Waals surface area contributed by atoms with Crippen LogP contribution in [-0.4, -0.2) is 25.9 Å². The molecule has 2 heterocycles. The van der Waals surface area contributed by atoms with Crippen molar-refractivity contribution in [2.75, 3.05) is 0 Å². The number of allylic oxidation sites excluding steroid dienone is 1. The molecule has 7 heteroatoms. The molecule has 0 saturated heterocycles. The first-order valence-electron chi connectivity index (χ1n) is 6.95. The summed E-state index contributed by atoms with van der Waals surface area (Å²) >= 11 is 0. The van der Waals surface area contributed by atoms with E-state index >= 15 is 0 Å². The molecule has 1 aromatic carbocycles. The lowest BCUT2D eigenvalue weighted by Gasteiger charge is -2.29. The summed E-state index contributed by atoms with van der Waals surface area (Å²) in [5.41, 5.74) is 5.47. The third-order valence-corrected chi connectivity index (χ3v) is 3.51. The number of carbonyl (C=O) groups is 1. The standard InChI is InChI=1S/C16H14N6O/c1-11-12(2)19-21(16(23)15(11)8-17)10-13-9-18-22(20-13)14-6-4-3-5-7-14/h3-7,9,19H,2,10H2,1H3. The van der Waals surface area contributed by atoms with E-state index in [1.807, 2.05) is 36.4 Å². The first-order chi connectivity index (χ1) is 11.1. The maximum atomic E-state index is 12.3. The van der Waals surface area contributed by atoms with Crippen molar-refractivity contribution < 1.29 is 4.79 Å². The van der Waals surface area contributed by atoms with Crippen molar-refractivity contribution in [1.82, 2.24) is 25.4 Å². The normalized spacial score (nSPS) is 14.7. The molecule has 0 bridgehead atoms. The van der Waals surface area contributed by atoms with Gasteiger partial charge in [0.1, 0.15) is 17.3 Å². The van der Waals surface area contributed by atoms with Crippen LogP contribution in [0.1, 0.15) is 12.6 Å². The Morgan fingerprint density at radius 1 is 1.35 bits per heavy atom. The van der Waals surface area contributed by atoms with Crippen molar-refractivity contribution in [1.29, 1.82) is 5.26 Å². The van der Waals surface area contributed by atoms with Crippen LogP contribution < -0.4 is 5.43 Å².